The molecule has 0 radical (unpaired) electrons. The van der Waals surface area contributed by atoms with Gasteiger partial charge in [0.1, 0.15) is 0 Å². The first-order valence-corrected chi connectivity index (χ1v) is 8.75. The number of hydrogen-bond donors (Lipinski definition) is 2. The Bertz CT molecular complexity index is 414. The first-order chi connectivity index (χ1) is 10.3. The Kier molecular flexibility index (Phi) is 5.26. The Morgan fingerprint density at radius 3 is 2.76 bits per heavy atom. The highest BCUT2D eigenvalue weighted by atomic mass is 15.0. The van der Waals surface area contributed by atoms with Gasteiger partial charge in [-0.05, 0) is 57.2 Å². The third kappa shape index (κ3) is 3.83. The molecule has 2 N–H and O–H groups in total. The summed E-state index contributed by atoms with van der Waals surface area (Å²) in [6.07, 6.45) is 11.5. The van der Waals surface area contributed by atoms with E-state index in [9.17, 15) is 0 Å². The molecule has 1 saturated heterocycles. The van der Waals surface area contributed by atoms with E-state index in [-0.39, 0.29) is 0 Å². The molecule has 1 saturated carbocycles. The number of piperidine rings is 1. The zero-order chi connectivity index (χ0) is 14.5. The van der Waals surface area contributed by atoms with Crippen LogP contribution < -0.4 is 10.6 Å². The van der Waals surface area contributed by atoms with Crippen LogP contribution in [0.15, 0.2) is 24.4 Å². The number of hydrogen-bond acceptors (Lipinski definition) is 3. The highest BCUT2D eigenvalue weighted by Crippen LogP contribution is 2.31. The van der Waals surface area contributed by atoms with Crippen LogP contribution in [0, 0.1) is 5.92 Å². The van der Waals surface area contributed by atoms with E-state index in [1.807, 2.05) is 12.3 Å². The molecule has 2 aliphatic rings. The summed E-state index contributed by atoms with van der Waals surface area (Å²) in [5, 5.41) is 7.66. The standard InChI is InChI=1S/C18H29N3/c1-14(16-9-4-6-12-19-16)21-18-11-3-2-8-15(18)17-10-5-7-13-20-17/h4,6,9,12,14-15,17-18,20-21H,2-3,5,7-8,10-11,13H2,1H3/t14-,15?,17?,18?/m1/s1. The Labute approximate surface area is 128 Å². The maximum Gasteiger partial charge on any atom is 0.0570 e. The van der Waals surface area contributed by atoms with Crippen LogP contribution in [0.2, 0.25) is 0 Å². The van der Waals surface area contributed by atoms with Gasteiger partial charge in [0.2, 0.25) is 0 Å². The summed E-state index contributed by atoms with van der Waals surface area (Å²) < 4.78 is 0. The third-order valence-electron chi connectivity index (χ3n) is 5.28. The van der Waals surface area contributed by atoms with Crippen LogP contribution in [0.1, 0.15) is 63.6 Å². The van der Waals surface area contributed by atoms with Gasteiger partial charge in [-0.15, -0.1) is 0 Å². The van der Waals surface area contributed by atoms with Crippen LogP contribution >= 0.6 is 0 Å². The molecule has 116 valence electrons. The lowest BCUT2D eigenvalue weighted by Gasteiger charge is -2.41. The summed E-state index contributed by atoms with van der Waals surface area (Å²) in [7, 11) is 0. The van der Waals surface area contributed by atoms with Crippen molar-refractivity contribution >= 4 is 0 Å². The lowest BCUT2D eigenvalue weighted by molar-refractivity contribution is 0.173. The van der Waals surface area contributed by atoms with E-state index in [1.54, 1.807) is 0 Å². The first-order valence-electron chi connectivity index (χ1n) is 8.75. The molecule has 0 spiro atoms. The fraction of sp³-hybridized carbons (Fsp3) is 0.722. The molecule has 1 aliphatic carbocycles. The van der Waals surface area contributed by atoms with Gasteiger partial charge in [0.25, 0.3) is 0 Å². The Balaban J connectivity index is 1.63. The molecule has 1 aromatic rings. The van der Waals surface area contributed by atoms with Gasteiger partial charge < -0.3 is 10.6 Å². The summed E-state index contributed by atoms with van der Waals surface area (Å²) in [6, 6.07) is 7.93. The fourth-order valence-electron chi connectivity index (χ4n) is 4.13. The topological polar surface area (TPSA) is 37.0 Å². The molecule has 3 rings (SSSR count). The van der Waals surface area contributed by atoms with Gasteiger partial charge in [0.15, 0.2) is 0 Å². The van der Waals surface area contributed by atoms with Crippen molar-refractivity contribution in [2.45, 2.75) is 70.0 Å². The van der Waals surface area contributed by atoms with E-state index in [0.29, 0.717) is 12.1 Å². The van der Waals surface area contributed by atoms with Gasteiger partial charge in [-0.3, -0.25) is 4.98 Å². The normalized spacial score (nSPS) is 31.8. The summed E-state index contributed by atoms with van der Waals surface area (Å²) in [5.41, 5.74) is 1.17. The molecule has 3 nitrogen and oxygen atoms in total. The van der Waals surface area contributed by atoms with E-state index in [4.69, 9.17) is 0 Å². The highest BCUT2D eigenvalue weighted by Gasteiger charge is 2.33. The van der Waals surface area contributed by atoms with Crippen LogP contribution in [0.5, 0.6) is 0 Å². The smallest absolute Gasteiger partial charge is 0.0570 e. The first kappa shape index (κ1) is 15.0. The molecule has 2 fully saturated rings. The van der Waals surface area contributed by atoms with E-state index in [0.717, 1.165) is 12.0 Å². The van der Waals surface area contributed by atoms with Gasteiger partial charge in [0.05, 0.1) is 5.69 Å². The van der Waals surface area contributed by atoms with Crippen molar-refractivity contribution in [1.82, 2.24) is 15.6 Å². The van der Waals surface area contributed by atoms with E-state index < -0.39 is 0 Å². The van der Waals surface area contributed by atoms with Crippen LogP contribution in [0.25, 0.3) is 0 Å². The maximum absolute atomic E-state index is 4.50. The van der Waals surface area contributed by atoms with Crippen LogP contribution in [-0.4, -0.2) is 23.6 Å². The van der Waals surface area contributed by atoms with Gasteiger partial charge in [-0.25, -0.2) is 0 Å². The zero-order valence-electron chi connectivity index (χ0n) is 13.2. The molecule has 0 amide bonds. The number of nitrogens with one attached hydrogen (secondary N) is 2. The Hall–Kier alpha value is -0.930. The van der Waals surface area contributed by atoms with E-state index in [2.05, 4.69) is 34.7 Å². The zero-order valence-corrected chi connectivity index (χ0v) is 13.2. The van der Waals surface area contributed by atoms with Crippen molar-refractivity contribution < 1.29 is 0 Å². The van der Waals surface area contributed by atoms with Crippen LogP contribution in [-0.2, 0) is 0 Å². The fourth-order valence-corrected chi connectivity index (χ4v) is 4.13. The van der Waals surface area contributed by atoms with Crippen molar-refractivity contribution in [1.29, 1.82) is 0 Å². The largest absolute Gasteiger partial charge is 0.314 e. The van der Waals surface area contributed by atoms with Crippen molar-refractivity contribution in [2.75, 3.05) is 6.54 Å². The monoisotopic (exact) mass is 287 g/mol. The number of nitrogens with zero attached hydrogens (tertiary/aromatic N) is 1. The summed E-state index contributed by atoms with van der Waals surface area (Å²) in [4.78, 5) is 4.50. The minimum Gasteiger partial charge on any atom is -0.314 e. The quantitative estimate of drug-likeness (QED) is 0.891. The number of rotatable bonds is 4. The average Bonchev–Trinajstić information content (AvgIpc) is 2.57. The predicted molar refractivity (Wildman–Crippen MR) is 87.2 cm³/mol. The summed E-state index contributed by atoms with van der Waals surface area (Å²) >= 11 is 0. The van der Waals surface area contributed by atoms with Gasteiger partial charge in [0, 0.05) is 24.3 Å². The summed E-state index contributed by atoms with van der Waals surface area (Å²) in [6.45, 7) is 3.46. The Morgan fingerprint density at radius 2 is 2.00 bits per heavy atom. The molecular formula is C18H29N3. The average molecular weight is 287 g/mol. The molecule has 1 aliphatic heterocycles. The highest BCUT2D eigenvalue weighted by molar-refractivity contribution is 5.08. The second-order valence-corrected chi connectivity index (χ2v) is 6.75. The molecular weight excluding hydrogens is 258 g/mol. The maximum atomic E-state index is 4.50. The molecule has 0 bridgehead atoms. The molecule has 3 heteroatoms. The van der Waals surface area contributed by atoms with Crippen LogP contribution in [0.3, 0.4) is 0 Å². The third-order valence-corrected chi connectivity index (χ3v) is 5.28. The predicted octanol–water partition coefficient (Wildman–Crippen LogP) is 3.43. The minimum atomic E-state index is 0.348. The van der Waals surface area contributed by atoms with Gasteiger partial charge in [-0.2, -0.15) is 0 Å². The van der Waals surface area contributed by atoms with Crippen molar-refractivity contribution in [3.63, 3.8) is 0 Å². The lowest BCUT2D eigenvalue weighted by atomic mass is 9.77. The molecule has 21 heavy (non-hydrogen) atoms. The molecule has 0 aromatic carbocycles. The SMILES string of the molecule is C[C@@H](NC1CCCCC1C1CCCCN1)c1ccccn1. The Morgan fingerprint density at radius 1 is 1.14 bits per heavy atom. The lowest BCUT2D eigenvalue weighted by Crippen LogP contribution is -2.51. The molecule has 4 atom stereocenters. The van der Waals surface area contributed by atoms with E-state index in [1.165, 1.54) is 57.2 Å². The minimum absolute atomic E-state index is 0.348. The molecule has 2 heterocycles. The van der Waals surface area contributed by atoms with Crippen molar-refractivity contribution in [3.05, 3.63) is 30.1 Å². The second kappa shape index (κ2) is 7.37. The van der Waals surface area contributed by atoms with Crippen molar-refractivity contribution in [3.8, 4) is 0 Å². The van der Waals surface area contributed by atoms with Gasteiger partial charge in [-0.1, -0.05) is 25.3 Å². The summed E-state index contributed by atoms with van der Waals surface area (Å²) in [5.74, 6) is 0.796. The van der Waals surface area contributed by atoms with Crippen LogP contribution in [0.4, 0.5) is 0 Å². The van der Waals surface area contributed by atoms with Crippen molar-refractivity contribution in [2.24, 2.45) is 5.92 Å². The second-order valence-electron chi connectivity index (χ2n) is 6.75. The van der Waals surface area contributed by atoms with E-state index >= 15 is 0 Å². The van der Waals surface area contributed by atoms with Gasteiger partial charge >= 0.3 is 0 Å². The molecule has 1 aromatic heterocycles. The molecule has 3 unspecified atom stereocenters. The number of pyridine rings is 1. The number of aromatic nitrogens is 1.